The molecule has 0 aliphatic heterocycles. The van der Waals surface area contributed by atoms with Crippen LogP contribution in [0, 0.1) is 0 Å². The highest BCUT2D eigenvalue weighted by Crippen LogP contribution is 2.43. The zero-order valence-corrected chi connectivity index (χ0v) is 32.0. The molecule has 2 heterocycles. The average molecular weight is 750 g/mol. The molecule has 0 fully saturated rings. The summed E-state index contributed by atoms with van der Waals surface area (Å²) in [4.78, 5) is 10.8. The zero-order valence-electron chi connectivity index (χ0n) is 32.0. The molecule has 10 aromatic carbocycles. The van der Waals surface area contributed by atoms with Crippen LogP contribution in [0.1, 0.15) is 0 Å². The number of benzene rings is 10. The number of fused-ring (bicyclic) bond motifs is 9. The number of hydrogen-bond acceptors (Lipinski definition) is 2. The molecule has 3 nitrogen and oxygen atoms in total. The highest BCUT2D eigenvalue weighted by atomic mass is 15.2. The predicted molar refractivity (Wildman–Crippen MR) is 248 cm³/mol. The van der Waals surface area contributed by atoms with Crippen molar-refractivity contribution < 1.29 is 0 Å². The van der Waals surface area contributed by atoms with Crippen molar-refractivity contribution in [2.24, 2.45) is 0 Å². The quantitative estimate of drug-likeness (QED) is 0.175. The van der Waals surface area contributed by atoms with Gasteiger partial charge in [0.15, 0.2) is 0 Å². The van der Waals surface area contributed by atoms with Crippen molar-refractivity contribution in [2.45, 2.75) is 0 Å². The molecule has 0 aliphatic rings. The van der Waals surface area contributed by atoms with E-state index in [1.807, 2.05) is 0 Å². The number of nitrogens with zero attached hydrogens (tertiary/aromatic N) is 3. The standard InChI is InChI=1S/C56H35N3/c1-2-12-36(13-3-1)38-24-26-39(27-25-38)42-17-10-18-44(35-42)55-49-20-8-9-23-50(49)57-56(58-55)59-51-32-30-40-15-6-7-19-46(40)53(51)54-48-22-11-21-45(47(48)31-33-52(54)59)43-29-28-37-14-4-5-16-41(37)34-43/h1-35H. The van der Waals surface area contributed by atoms with Gasteiger partial charge in [-0.05, 0) is 96.0 Å². The molecule has 0 spiro atoms. The molecule has 59 heavy (non-hydrogen) atoms. The maximum Gasteiger partial charge on any atom is 0.235 e. The molecule has 0 amide bonds. The number of para-hydroxylation sites is 1. The van der Waals surface area contributed by atoms with Crippen molar-refractivity contribution >= 4 is 65.0 Å². The van der Waals surface area contributed by atoms with Crippen molar-refractivity contribution in [3.63, 3.8) is 0 Å². The summed E-state index contributed by atoms with van der Waals surface area (Å²) in [6.45, 7) is 0. The largest absolute Gasteiger partial charge is 0.278 e. The molecular weight excluding hydrogens is 715 g/mol. The van der Waals surface area contributed by atoms with Crippen molar-refractivity contribution in [3.8, 4) is 50.6 Å². The van der Waals surface area contributed by atoms with Crippen LogP contribution in [-0.2, 0) is 0 Å². The van der Waals surface area contributed by atoms with Crippen LogP contribution in [0.5, 0.6) is 0 Å². The van der Waals surface area contributed by atoms with Crippen LogP contribution in [0.2, 0.25) is 0 Å². The van der Waals surface area contributed by atoms with Gasteiger partial charge in [-0.2, -0.15) is 0 Å². The highest BCUT2D eigenvalue weighted by Gasteiger charge is 2.21. The maximum absolute atomic E-state index is 5.51. The van der Waals surface area contributed by atoms with Crippen molar-refractivity contribution in [1.82, 2.24) is 14.5 Å². The normalized spacial score (nSPS) is 11.7. The first kappa shape index (κ1) is 33.3. The molecule has 0 bridgehead atoms. The summed E-state index contributed by atoms with van der Waals surface area (Å²) >= 11 is 0. The molecule has 0 atom stereocenters. The minimum Gasteiger partial charge on any atom is -0.278 e. The topological polar surface area (TPSA) is 30.7 Å². The van der Waals surface area contributed by atoms with Gasteiger partial charge in [-0.1, -0.05) is 182 Å². The fraction of sp³-hybridized carbons (Fsp3) is 0. The molecule has 0 aliphatic carbocycles. The van der Waals surface area contributed by atoms with E-state index < -0.39 is 0 Å². The summed E-state index contributed by atoms with van der Waals surface area (Å²) in [5.41, 5.74) is 12.2. The summed E-state index contributed by atoms with van der Waals surface area (Å²) in [6, 6.07) is 76.3. The summed E-state index contributed by atoms with van der Waals surface area (Å²) in [5.74, 6) is 0.650. The lowest BCUT2D eigenvalue weighted by atomic mass is 9.93. The maximum atomic E-state index is 5.51. The molecule has 0 unspecified atom stereocenters. The Morgan fingerprint density at radius 2 is 0.881 bits per heavy atom. The van der Waals surface area contributed by atoms with Crippen molar-refractivity contribution in [2.75, 3.05) is 0 Å². The van der Waals surface area contributed by atoms with E-state index in [1.165, 1.54) is 65.3 Å². The van der Waals surface area contributed by atoms with Crippen LogP contribution < -0.4 is 0 Å². The third-order valence-corrected chi connectivity index (χ3v) is 12.0. The Labute approximate surface area is 341 Å². The predicted octanol–water partition coefficient (Wildman–Crippen LogP) is 14.9. The van der Waals surface area contributed by atoms with Crippen LogP contribution in [0.3, 0.4) is 0 Å². The van der Waals surface area contributed by atoms with Gasteiger partial charge in [0.2, 0.25) is 5.95 Å². The van der Waals surface area contributed by atoms with E-state index in [0.717, 1.165) is 44.3 Å². The van der Waals surface area contributed by atoms with Crippen molar-refractivity contribution in [3.05, 3.63) is 212 Å². The van der Waals surface area contributed by atoms with Crippen LogP contribution >= 0.6 is 0 Å². The first-order chi connectivity index (χ1) is 29.2. The minimum absolute atomic E-state index is 0.650. The minimum atomic E-state index is 0.650. The van der Waals surface area contributed by atoms with Gasteiger partial charge in [-0.3, -0.25) is 4.57 Å². The first-order valence-electron chi connectivity index (χ1n) is 20.2. The van der Waals surface area contributed by atoms with Gasteiger partial charge in [0.05, 0.1) is 22.2 Å². The number of hydrogen-bond donors (Lipinski definition) is 0. The molecule has 2 aromatic heterocycles. The SMILES string of the molecule is c1ccc(-c2ccc(-c3cccc(-c4nc(-n5c6ccc7ccccc7c6c6c7cccc(-c8ccc9ccccc9c8)c7ccc65)nc5ccccc45)c3)cc2)cc1. The lowest BCUT2D eigenvalue weighted by molar-refractivity contribution is 1.01. The Kier molecular flexibility index (Phi) is 7.54. The average Bonchev–Trinajstić information content (AvgIpc) is 3.67. The number of rotatable bonds is 5. The van der Waals surface area contributed by atoms with Gasteiger partial charge in [0.1, 0.15) is 0 Å². The van der Waals surface area contributed by atoms with E-state index in [1.54, 1.807) is 0 Å². The smallest absolute Gasteiger partial charge is 0.235 e. The van der Waals surface area contributed by atoms with Crippen LogP contribution in [-0.4, -0.2) is 14.5 Å². The summed E-state index contributed by atoms with van der Waals surface area (Å²) in [5, 5.41) is 10.8. The number of aromatic nitrogens is 3. The van der Waals surface area contributed by atoms with Gasteiger partial charge < -0.3 is 0 Å². The van der Waals surface area contributed by atoms with Crippen LogP contribution in [0.15, 0.2) is 212 Å². The van der Waals surface area contributed by atoms with Gasteiger partial charge in [0, 0.05) is 21.7 Å². The zero-order chi connectivity index (χ0) is 38.9. The lowest BCUT2D eigenvalue weighted by Crippen LogP contribution is -2.03. The monoisotopic (exact) mass is 749 g/mol. The lowest BCUT2D eigenvalue weighted by Gasteiger charge is -2.13. The molecular formula is C56H35N3. The third-order valence-electron chi connectivity index (χ3n) is 12.0. The fourth-order valence-corrected chi connectivity index (χ4v) is 9.17. The fourth-order valence-electron chi connectivity index (χ4n) is 9.17. The molecule has 0 saturated heterocycles. The van der Waals surface area contributed by atoms with Gasteiger partial charge in [0.25, 0.3) is 0 Å². The second-order valence-electron chi connectivity index (χ2n) is 15.4. The van der Waals surface area contributed by atoms with E-state index in [2.05, 4.69) is 217 Å². The Morgan fingerprint density at radius 1 is 0.305 bits per heavy atom. The molecule has 274 valence electrons. The van der Waals surface area contributed by atoms with E-state index in [9.17, 15) is 0 Å². The van der Waals surface area contributed by atoms with Gasteiger partial charge >= 0.3 is 0 Å². The first-order valence-corrected chi connectivity index (χ1v) is 20.2. The van der Waals surface area contributed by atoms with Crippen LogP contribution in [0.25, 0.3) is 116 Å². The Balaban J connectivity index is 1.08. The Bertz CT molecular complexity index is 3600. The second-order valence-corrected chi connectivity index (χ2v) is 15.4. The molecule has 0 radical (unpaired) electrons. The van der Waals surface area contributed by atoms with E-state index in [0.29, 0.717) is 5.95 Å². The highest BCUT2D eigenvalue weighted by molar-refractivity contribution is 6.29. The Hall–Kier alpha value is -7.88. The summed E-state index contributed by atoms with van der Waals surface area (Å²) in [6.07, 6.45) is 0. The summed E-state index contributed by atoms with van der Waals surface area (Å²) in [7, 11) is 0. The second kappa shape index (κ2) is 13.4. The summed E-state index contributed by atoms with van der Waals surface area (Å²) < 4.78 is 2.28. The van der Waals surface area contributed by atoms with Crippen LogP contribution in [0.4, 0.5) is 0 Å². The van der Waals surface area contributed by atoms with E-state index >= 15 is 0 Å². The molecule has 12 rings (SSSR count). The Morgan fingerprint density at radius 3 is 1.73 bits per heavy atom. The third kappa shape index (κ3) is 5.44. The van der Waals surface area contributed by atoms with E-state index in [4.69, 9.17) is 9.97 Å². The molecule has 0 saturated carbocycles. The van der Waals surface area contributed by atoms with Gasteiger partial charge in [-0.15, -0.1) is 0 Å². The molecule has 12 aromatic rings. The molecule has 3 heteroatoms. The molecule has 0 N–H and O–H groups in total. The van der Waals surface area contributed by atoms with Gasteiger partial charge in [-0.25, -0.2) is 9.97 Å². The van der Waals surface area contributed by atoms with E-state index in [-0.39, 0.29) is 0 Å². The van der Waals surface area contributed by atoms with Crippen molar-refractivity contribution in [1.29, 1.82) is 0 Å².